The van der Waals surface area contributed by atoms with Crippen LogP contribution in [0.3, 0.4) is 0 Å². The zero-order chi connectivity index (χ0) is 14.6. The van der Waals surface area contributed by atoms with E-state index in [0.29, 0.717) is 44.1 Å². The minimum absolute atomic E-state index is 0.336. The van der Waals surface area contributed by atoms with Crippen LogP contribution < -0.4 is 0 Å². The second-order valence-electron chi connectivity index (χ2n) is 5.07. The van der Waals surface area contributed by atoms with Gasteiger partial charge in [-0.1, -0.05) is 17.7 Å². The summed E-state index contributed by atoms with van der Waals surface area (Å²) in [7, 11) is 0. The quantitative estimate of drug-likeness (QED) is 0.909. The number of hydrogen-bond donors (Lipinski definition) is 1. The monoisotopic (exact) mass is 302 g/mol. The van der Waals surface area contributed by atoms with E-state index in [9.17, 15) is 9.50 Å². The molecule has 1 aliphatic rings. The minimum Gasteiger partial charge on any atom is -0.390 e. The van der Waals surface area contributed by atoms with E-state index in [1.807, 2.05) is 6.92 Å². The lowest BCUT2D eigenvalue weighted by atomic mass is 9.84. The Kier molecular flexibility index (Phi) is 5.38. The van der Waals surface area contributed by atoms with E-state index in [1.165, 1.54) is 12.1 Å². The fourth-order valence-corrected chi connectivity index (χ4v) is 2.90. The van der Waals surface area contributed by atoms with Gasteiger partial charge in [0.15, 0.2) is 0 Å². The van der Waals surface area contributed by atoms with Gasteiger partial charge in [-0.15, -0.1) is 0 Å². The third kappa shape index (κ3) is 3.50. The van der Waals surface area contributed by atoms with Gasteiger partial charge >= 0.3 is 0 Å². The molecule has 1 saturated heterocycles. The van der Waals surface area contributed by atoms with Crippen molar-refractivity contribution in [1.82, 2.24) is 0 Å². The van der Waals surface area contributed by atoms with E-state index in [4.69, 9.17) is 21.1 Å². The predicted octanol–water partition coefficient (Wildman–Crippen LogP) is 2.97. The van der Waals surface area contributed by atoms with Gasteiger partial charge in [0.05, 0.1) is 11.7 Å². The molecule has 1 N–H and O–H groups in total. The fraction of sp³-hybridized carbons (Fsp3) is 0.600. The Balaban J connectivity index is 2.13. The molecule has 1 unspecified atom stereocenters. The molecule has 1 atom stereocenters. The van der Waals surface area contributed by atoms with Gasteiger partial charge in [0.25, 0.3) is 0 Å². The van der Waals surface area contributed by atoms with Crippen molar-refractivity contribution in [2.45, 2.75) is 37.9 Å². The Morgan fingerprint density at radius 2 is 2.15 bits per heavy atom. The molecule has 3 nitrogen and oxygen atoms in total. The van der Waals surface area contributed by atoms with Gasteiger partial charge in [-0.25, -0.2) is 4.39 Å². The van der Waals surface area contributed by atoms with Gasteiger partial charge in [-0.05, 0) is 24.6 Å². The van der Waals surface area contributed by atoms with E-state index in [0.717, 1.165) is 5.56 Å². The van der Waals surface area contributed by atoms with Crippen LogP contribution in [0, 0.1) is 5.82 Å². The Hall–Kier alpha value is -0.680. The van der Waals surface area contributed by atoms with Gasteiger partial charge in [-0.2, -0.15) is 0 Å². The van der Waals surface area contributed by atoms with Crippen LogP contribution in [0.25, 0.3) is 0 Å². The van der Waals surface area contributed by atoms with Crippen LogP contribution in [0.15, 0.2) is 18.2 Å². The van der Waals surface area contributed by atoms with Crippen molar-refractivity contribution in [3.8, 4) is 0 Å². The molecule has 1 heterocycles. The number of hydrogen-bond acceptors (Lipinski definition) is 3. The molecule has 1 aromatic rings. The van der Waals surface area contributed by atoms with E-state index < -0.39 is 11.7 Å². The van der Waals surface area contributed by atoms with Gasteiger partial charge in [-0.3, -0.25) is 0 Å². The summed E-state index contributed by atoms with van der Waals surface area (Å²) < 4.78 is 24.2. The third-order valence-corrected chi connectivity index (χ3v) is 4.16. The maximum Gasteiger partial charge on any atom is 0.124 e. The van der Waals surface area contributed by atoms with Crippen molar-refractivity contribution < 1.29 is 19.0 Å². The summed E-state index contributed by atoms with van der Waals surface area (Å²) in [6, 6.07) is 4.23. The Morgan fingerprint density at radius 1 is 1.45 bits per heavy atom. The van der Waals surface area contributed by atoms with Crippen molar-refractivity contribution in [2.24, 2.45) is 0 Å². The summed E-state index contributed by atoms with van der Waals surface area (Å²) in [5.41, 5.74) is 0.135. The highest BCUT2D eigenvalue weighted by molar-refractivity contribution is 6.31. The number of rotatable bonds is 5. The number of aliphatic hydroxyl groups is 1. The predicted molar refractivity (Wildman–Crippen MR) is 75.5 cm³/mol. The van der Waals surface area contributed by atoms with Gasteiger partial charge in [0.2, 0.25) is 0 Å². The van der Waals surface area contributed by atoms with E-state index in [-0.39, 0.29) is 5.82 Å². The SMILES string of the molecule is CCOC1(C(O)Cc2ccc(F)cc2Cl)CCOCC1. The van der Waals surface area contributed by atoms with Crippen molar-refractivity contribution in [2.75, 3.05) is 19.8 Å². The molecule has 0 bridgehead atoms. The molecule has 0 radical (unpaired) electrons. The average molecular weight is 303 g/mol. The van der Waals surface area contributed by atoms with Crippen molar-refractivity contribution in [3.63, 3.8) is 0 Å². The molecular formula is C15H20ClFO3. The molecule has 5 heteroatoms. The molecule has 0 saturated carbocycles. The number of halogens is 2. The topological polar surface area (TPSA) is 38.7 Å². The summed E-state index contributed by atoms with van der Waals surface area (Å²) >= 11 is 6.02. The summed E-state index contributed by atoms with van der Waals surface area (Å²) in [6.45, 7) is 3.60. The summed E-state index contributed by atoms with van der Waals surface area (Å²) in [6.07, 6.45) is 0.968. The fourth-order valence-electron chi connectivity index (χ4n) is 2.66. The first-order valence-corrected chi connectivity index (χ1v) is 7.29. The van der Waals surface area contributed by atoms with E-state index in [1.54, 1.807) is 6.07 Å². The maximum atomic E-state index is 13.0. The molecule has 0 amide bonds. The van der Waals surface area contributed by atoms with E-state index in [2.05, 4.69) is 0 Å². The van der Waals surface area contributed by atoms with Crippen LogP contribution in [0.5, 0.6) is 0 Å². The highest BCUT2D eigenvalue weighted by Gasteiger charge is 2.40. The summed E-state index contributed by atoms with van der Waals surface area (Å²) in [5.74, 6) is -0.376. The zero-order valence-corrected chi connectivity index (χ0v) is 12.3. The van der Waals surface area contributed by atoms with Gasteiger partial charge < -0.3 is 14.6 Å². The second kappa shape index (κ2) is 6.85. The molecule has 0 spiro atoms. The maximum absolute atomic E-state index is 13.0. The van der Waals surface area contributed by atoms with Crippen molar-refractivity contribution in [3.05, 3.63) is 34.6 Å². The third-order valence-electron chi connectivity index (χ3n) is 3.81. The van der Waals surface area contributed by atoms with Crippen molar-refractivity contribution in [1.29, 1.82) is 0 Å². The Bertz CT molecular complexity index is 441. The first-order valence-electron chi connectivity index (χ1n) is 6.91. The van der Waals surface area contributed by atoms with Crippen LogP contribution in [0.4, 0.5) is 4.39 Å². The zero-order valence-electron chi connectivity index (χ0n) is 11.6. The highest BCUT2D eigenvalue weighted by Crippen LogP contribution is 2.32. The van der Waals surface area contributed by atoms with Crippen LogP contribution >= 0.6 is 11.6 Å². The normalized spacial score (nSPS) is 19.8. The highest BCUT2D eigenvalue weighted by atomic mass is 35.5. The molecule has 112 valence electrons. The molecule has 1 fully saturated rings. The smallest absolute Gasteiger partial charge is 0.124 e. The Morgan fingerprint density at radius 3 is 2.75 bits per heavy atom. The second-order valence-corrected chi connectivity index (χ2v) is 5.47. The van der Waals surface area contributed by atoms with Gasteiger partial charge in [0.1, 0.15) is 5.82 Å². The average Bonchev–Trinajstić information content (AvgIpc) is 2.43. The molecular weight excluding hydrogens is 283 g/mol. The van der Waals surface area contributed by atoms with Crippen LogP contribution in [0.2, 0.25) is 5.02 Å². The first kappa shape index (κ1) is 15.7. The number of aliphatic hydroxyl groups excluding tert-OH is 1. The Labute approximate surface area is 123 Å². The van der Waals surface area contributed by atoms with E-state index >= 15 is 0 Å². The number of benzene rings is 1. The summed E-state index contributed by atoms with van der Waals surface area (Å²) in [5, 5.41) is 10.9. The molecule has 0 aromatic heterocycles. The summed E-state index contributed by atoms with van der Waals surface area (Å²) in [4.78, 5) is 0. The minimum atomic E-state index is -0.686. The number of ether oxygens (including phenoxy) is 2. The lowest BCUT2D eigenvalue weighted by Crippen LogP contribution is -2.50. The largest absolute Gasteiger partial charge is 0.390 e. The van der Waals surface area contributed by atoms with Crippen molar-refractivity contribution >= 4 is 11.6 Å². The van der Waals surface area contributed by atoms with Crippen LogP contribution in [-0.4, -0.2) is 36.6 Å². The van der Waals surface area contributed by atoms with Gasteiger partial charge in [0, 0.05) is 44.1 Å². The molecule has 1 aromatic carbocycles. The molecule has 20 heavy (non-hydrogen) atoms. The molecule has 1 aliphatic heterocycles. The lowest BCUT2D eigenvalue weighted by molar-refractivity contribution is -0.165. The van der Waals surface area contributed by atoms with Crippen LogP contribution in [-0.2, 0) is 15.9 Å². The first-order chi connectivity index (χ1) is 9.57. The standard InChI is InChI=1S/C15H20ClFO3/c1-2-20-15(5-7-19-8-6-15)14(18)9-11-3-4-12(17)10-13(11)16/h3-4,10,14,18H,2,5-9H2,1H3. The lowest BCUT2D eigenvalue weighted by Gasteiger charge is -2.40. The molecule has 0 aliphatic carbocycles. The van der Waals surface area contributed by atoms with Crippen LogP contribution in [0.1, 0.15) is 25.3 Å². The molecule has 2 rings (SSSR count).